The number of nitriles is 1. The number of hydrogen-bond acceptors (Lipinski definition) is 4. The minimum absolute atomic E-state index is 0.401. The molecule has 0 aromatic heterocycles. The zero-order valence-electron chi connectivity index (χ0n) is 17.4. The lowest BCUT2D eigenvalue weighted by Gasteiger charge is -2.07. The molecule has 0 aliphatic carbocycles. The number of hydrogen-bond donors (Lipinski definition) is 0. The third-order valence-corrected chi connectivity index (χ3v) is 4.87. The van der Waals surface area contributed by atoms with Crippen LogP contribution in [0.2, 0.25) is 0 Å². The average Bonchev–Trinajstić information content (AvgIpc) is 2.75. The standard InChI is InChI=1S/C25H31NO3/c1-2-3-4-5-6-7-8-9-10-19-28-25(27)29-24-17-15-23(16-18-24)22-13-11-21(20-26)12-14-22/h11-18H,2-10,19H2,1H3. The third-order valence-electron chi connectivity index (χ3n) is 4.87. The van der Waals surface area contributed by atoms with Crippen molar-refractivity contribution in [3.63, 3.8) is 0 Å². The first-order chi connectivity index (χ1) is 14.2. The second-order valence-corrected chi connectivity index (χ2v) is 7.24. The van der Waals surface area contributed by atoms with Crippen molar-refractivity contribution in [2.45, 2.75) is 64.7 Å². The van der Waals surface area contributed by atoms with Crippen LogP contribution in [0.1, 0.15) is 70.3 Å². The fraction of sp³-hybridized carbons (Fsp3) is 0.440. The molecule has 0 unspecified atom stereocenters. The Hall–Kier alpha value is -2.80. The van der Waals surface area contributed by atoms with Crippen molar-refractivity contribution in [3.05, 3.63) is 54.1 Å². The Bertz CT molecular complexity index is 760. The van der Waals surface area contributed by atoms with E-state index in [2.05, 4.69) is 13.0 Å². The Morgan fingerprint density at radius 2 is 1.31 bits per heavy atom. The molecule has 29 heavy (non-hydrogen) atoms. The number of rotatable bonds is 12. The van der Waals surface area contributed by atoms with Crippen molar-refractivity contribution in [1.82, 2.24) is 0 Å². The van der Waals surface area contributed by atoms with Crippen molar-refractivity contribution < 1.29 is 14.3 Å². The predicted molar refractivity (Wildman–Crippen MR) is 116 cm³/mol. The maximum atomic E-state index is 11.8. The average molecular weight is 394 g/mol. The van der Waals surface area contributed by atoms with E-state index in [0.29, 0.717) is 17.9 Å². The van der Waals surface area contributed by atoms with Gasteiger partial charge in [0.15, 0.2) is 0 Å². The SMILES string of the molecule is CCCCCCCCCCCOC(=O)Oc1ccc(-c2ccc(C#N)cc2)cc1. The van der Waals surface area contributed by atoms with Crippen LogP contribution in [0, 0.1) is 11.3 Å². The Labute approximate surface area is 174 Å². The van der Waals surface area contributed by atoms with Crippen molar-refractivity contribution in [2.24, 2.45) is 0 Å². The van der Waals surface area contributed by atoms with Crippen molar-refractivity contribution in [1.29, 1.82) is 5.26 Å². The third kappa shape index (κ3) is 8.83. The van der Waals surface area contributed by atoms with E-state index in [0.717, 1.165) is 24.0 Å². The lowest BCUT2D eigenvalue weighted by molar-refractivity contribution is 0.0973. The summed E-state index contributed by atoms with van der Waals surface area (Å²) in [5.41, 5.74) is 2.62. The first-order valence-electron chi connectivity index (χ1n) is 10.7. The van der Waals surface area contributed by atoms with Gasteiger partial charge in [0.1, 0.15) is 5.75 Å². The second-order valence-electron chi connectivity index (χ2n) is 7.24. The van der Waals surface area contributed by atoms with Crippen LogP contribution in [0.25, 0.3) is 11.1 Å². The van der Waals surface area contributed by atoms with Gasteiger partial charge in [0.2, 0.25) is 0 Å². The van der Waals surface area contributed by atoms with Gasteiger partial charge in [-0.05, 0) is 41.8 Å². The highest BCUT2D eigenvalue weighted by atomic mass is 16.7. The number of carbonyl (C=O) groups is 1. The zero-order chi connectivity index (χ0) is 20.7. The molecule has 0 atom stereocenters. The zero-order valence-corrected chi connectivity index (χ0v) is 17.4. The molecule has 0 N–H and O–H groups in total. The Morgan fingerprint density at radius 1 is 0.793 bits per heavy atom. The molecule has 4 nitrogen and oxygen atoms in total. The smallest absolute Gasteiger partial charge is 0.434 e. The molecule has 0 saturated heterocycles. The number of ether oxygens (including phenoxy) is 2. The summed E-state index contributed by atoms with van der Waals surface area (Å²) in [6.07, 6.45) is 10.4. The first kappa shape index (κ1) is 22.5. The molecule has 0 aliphatic rings. The van der Waals surface area contributed by atoms with Crippen LogP contribution in [-0.4, -0.2) is 12.8 Å². The molecule has 0 aliphatic heterocycles. The summed E-state index contributed by atoms with van der Waals surface area (Å²) in [6.45, 7) is 2.63. The molecule has 2 aromatic rings. The van der Waals surface area contributed by atoms with Gasteiger partial charge in [0, 0.05) is 0 Å². The molecule has 154 valence electrons. The van der Waals surface area contributed by atoms with Crippen LogP contribution >= 0.6 is 0 Å². The first-order valence-corrected chi connectivity index (χ1v) is 10.7. The van der Waals surface area contributed by atoms with Gasteiger partial charge in [-0.25, -0.2) is 4.79 Å². The summed E-state index contributed by atoms with van der Waals surface area (Å²) in [4.78, 5) is 11.8. The normalized spacial score (nSPS) is 10.3. The van der Waals surface area contributed by atoms with Crippen molar-refractivity contribution >= 4 is 6.16 Å². The van der Waals surface area contributed by atoms with E-state index < -0.39 is 6.16 Å². The second kappa shape index (κ2) is 13.4. The molecule has 2 aromatic carbocycles. The van der Waals surface area contributed by atoms with Crippen LogP contribution in [0.3, 0.4) is 0 Å². The van der Waals surface area contributed by atoms with Crippen LogP contribution in [0.5, 0.6) is 5.75 Å². The van der Waals surface area contributed by atoms with Gasteiger partial charge in [-0.3, -0.25) is 0 Å². The van der Waals surface area contributed by atoms with Gasteiger partial charge in [0.25, 0.3) is 0 Å². The minimum Gasteiger partial charge on any atom is -0.434 e. The maximum Gasteiger partial charge on any atom is 0.513 e. The van der Waals surface area contributed by atoms with Gasteiger partial charge in [-0.2, -0.15) is 5.26 Å². The topological polar surface area (TPSA) is 59.3 Å². The van der Waals surface area contributed by atoms with Crippen molar-refractivity contribution in [3.8, 4) is 22.9 Å². The molecule has 2 rings (SSSR count). The van der Waals surface area contributed by atoms with Crippen LogP contribution in [-0.2, 0) is 4.74 Å². The van der Waals surface area contributed by atoms with E-state index in [9.17, 15) is 4.79 Å². The lowest BCUT2D eigenvalue weighted by atomic mass is 10.0. The predicted octanol–water partition coefficient (Wildman–Crippen LogP) is 7.27. The fourth-order valence-electron chi connectivity index (χ4n) is 3.15. The molecule has 4 heteroatoms. The summed E-state index contributed by atoms with van der Waals surface area (Å²) >= 11 is 0. The van der Waals surface area contributed by atoms with Gasteiger partial charge >= 0.3 is 6.16 Å². The number of benzene rings is 2. The fourth-order valence-corrected chi connectivity index (χ4v) is 3.15. The van der Waals surface area contributed by atoms with Gasteiger partial charge in [0.05, 0.1) is 18.2 Å². The van der Waals surface area contributed by atoms with E-state index in [-0.39, 0.29) is 0 Å². The van der Waals surface area contributed by atoms with Gasteiger partial charge < -0.3 is 9.47 Å². The van der Waals surface area contributed by atoms with E-state index in [1.54, 1.807) is 24.3 Å². The van der Waals surface area contributed by atoms with Crippen LogP contribution in [0.15, 0.2) is 48.5 Å². The number of carbonyl (C=O) groups excluding carboxylic acids is 1. The molecular weight excluding hydrogens is 362 g/mol. The maximum absolute atomic E-state index is 11.8. The Balaban J connectivity index is 1.61. The molecule has 0 radical (unpaired) electrons. The number of nitrogens with zero attached hydrogens (tertiary/aromatic N) is 1. The molecule has 0 spiro atoms. The molecule has 0 saturated carbocycles. The van der Waals surface area contributed by atoms with E-state index in [4.69, 9.17) is 14.7 Å². The summed E-state index contributed by atoms with van der Waals surface area (Å²) < 4.78 is 10.4. The van der Waals surface area contributed by atoms with Crippen LogP contribution in [0.4, 0.5) is 4.79 Å². The molecule has 0 amide bonds. The molecular formula is C25H31NO3. The van der Waals surface area contributed by atoms with Gasteiger partial charge in [-0.15, -0.1) is 0 Å². The number of unbranched alkanes of at least 4 members (excludes halogenated alkanes) is 8. The van der Waals surface area contributed by atoms with E-state index in [1.165, 1.54) is 44.9 Å². The quantitative estimate of drug-likeness (QED) is 0.216. The van der Waals surface area contributed by atoms with E-state index >= 15 is 0 Å². The Morgan fingerprint density at radius 3 is 1.86 bits per heavy atom. The summed E-state index contributed by atoms with van der Waals surface area (Å²) in [6, 6.07) is 16.7. The Kier molecular flexibility index (Phi) is 10.4. The van der Waals surface area contributed by atoms with Gasteiger partial charge in [-0.1, -0.05) is 82.6 Å². The summed E-state index contributed by atoms with van der Waals surface area (Å²) in [5.74, 6) is 0.458. The van der Waals surface area contributed by atoms with Crippen molar-refractivity contribution in [2.75, 3.05) is 6.61 Å². The monoisotopic (exact) mass is 393 g/mol. The van der Waals surface area contributed by atoms with E-state index in [1.807, 2.05) is 24.3 Å². The molecule has 0 heterocycles. The summed E-state index contributed by atoms with van der Waals surface area (Å²) in [5, 5.41) is 8.86. The highest BCUT2D eigenvalue weighted by Crippen LogP contribution is 2.23. The highest BCUT2D eigenvalue weighted by molar-refractivity contribution is 5.67. The minimum atomic E-state index is -0.657. The van der Waals surface area contributed by atoms with Crippen LogP contribution < -0.4 is 4.74 Å². The summed E-state index contributed by atoms with van der Waals surface area (Å²) in [7, 11) is 0. The highest BCUT2D eigenvalue weighted by Gasteiger charge is 2.06. The lowest BCUT2D eigenvalue weighted by Crippen LogP contribution is -2.11. The largest absolute Gasteiger partial charge is 0.513 e. The molecule has 0 bridgehead atoms. The molecule has 0 fully saturated rings.